The van der Waals surface area contributed by atoms with Crippen LogP contribution >= 0.6 is 0 Å². The summed E-state index contributed by atoms with van der Waals surface area (Å²) >= 11 is 0. The number of unbranched alkanes of at least 4 members (excludes halogenated alkanes) is 3. The molecule has 0 aliphatic carbocycles. The van der Waals surface area contributed by atoms with E-state index in [9.17, 15) is 20.4 Å². The predicted molar refractivity (Wildman–Crippen MR) is 79.3 cm³/mol. The molecule has 0 saturated carbocycles. The zero-order valence-corrected chi connectivity index (χ0v) is 13.4. The molecular formula is C15H30O7. The average molecular weight is 322 g/mol. The molecular weight excluding hydrogens is 292 g/mol. The fourth-order valence-corrected chi connectivity index (χ4v) is 2.56. The van der Waals surface area contributed by atoms with Crippen LogP contribution in [0.15, 0.2) is 0 Å². The van der Waals surface area contributed by atoms with Crippen LogP contribution in [0.25, 0.3) is 0 Å². The molecule has 0 spiro atoms. The first-order valence-corrected chi connectivity index (χ1v) is 8.00. The monoisotopic (exact) mass is 322 g/mol. The Balaban J connectivity index is 2.43. The van der Waals surface area contributed by atoms with Gasteiger partial charge in [-0.05, 0) is 6.42 Å². The SMILES string of the molecule is CCCCCCC(O)CO[C@@H]1[C@@H](O)[C@@H](OC)O[C@H](CO)[C@H]1O. The fourth-order valence-electron chi connectivity index (χ4n) is 2.56. The Kier molecular flexibility index (Phi) is 9.42. The lowest BCUT2D eigenvalue weighted by molar-refractivity contribution is -0.303. The summed E-state index contributed by atoms with van der Waals surface area (Å²) in [4.78, 5) is 0. The van der Waals surface area contributed by atoms with Crippen molar-refractivity contribution in [3.8, 4) is 0 Å². The van der Waals surface area contributed by atoms with E-state index in [0.29, 0.717) is 6.42 Å². The molecule has 0 aromatic heterocycles. The summed E-state index contributed by atoms with van der Waals surface area (Å²) in [5.41, 5.74) is 0. The van der Waals surface area contributed by atoms with Crippen LogP contribution in [0.4, 0.5) is 0 Å². The molecule has 1 rings (SSSR count). The maximum absolute atomic E-state index is 10.1. The van der Waals surface area contributed by atoms with Gasteiger partial charge in [0.25, 0.3) is 0 Å². The van der Waals surface area contributed by atoms with Crippen LogP contribution in [0.5, 0.6) is 0 Å². The molecule has 0 amide bonds. The molecule has 0 bridgehead atoms. The van der Waals surface area contributed by atoms with Crippen LogP contribution in [0.2, 0.25) is 0 Å². The Labute approximate surface area is 131 Å². The van der Waals surface area contributed by atoms with Crippen molar-refractivity contribution in [1.29, 1.82) is 0 Å². The molecule has 4 N–H and O–H groups in total. The second kappa shape index (κ2) is 10.5. The zero-order valence-electron chi connectivity index (χ0n) is 13.4. The van der Waals surface area contributed by atoms with Crippen LogP contribution < -0.4 is 0 Å². The van der Waals surface area contributed by atoms with E-state index in [4.69, 9.17) is 14.2 Å². The summed E-state index contributed by atoms with van der Waals surface area (Å²) in [7, 11) is 1.36. The number of methoxy groups -OCH3 is 1. The maximum Gasteiger partial charge on any atom is 0.186 e. The molecule has 1 saturated heterocycles. The van der Waals surface area contributed by atoms with Crippen molar-refractivity contribution in [3.63, 3.8) is 0 Å². The molecule has 1 unspecified atom stereocenters. The predicted octanol–water partition coefficient (Wildman–Crippen LogP) is -0.212. The topological polar surface area (TPSA) is 109 Å². The minimum absolute atomic E-state index is 0.0134. The van der Waals surface area contributed by atoms with Gasteiger partial charge in [0.2, 0.25) is 0 Å². The van der Waals surface area contributed by atoms with Crippen molar-refractivity contribution in [2.75, 3.05) is 20.3 Å². The number of ether oxygens (including phenoxy) is 3. The molecule has 1 aliphatic rings. The van der Waals surface area contributed by atoms with E-state index in [0.717, 1.165) is 25.7 Å². The molecule has 7 heteroatoms. The highest BCUT2D eigenvalue weighted by atomic mass is 16.7. The Morgan fingerprint density at radius 2 is 1.86 bits per heavy atom. The third-order valence-corrected chi connectivity index (χ3v) is 3.93. The summed E-state index contributed by atoms with van der Waals surface area (Å²) in [5, 5.41) is 39.2. The fraction of sp³-hybridized carbons (Fsp3) is 1.00. The van der Waals surface area contributed by atoms with Crippen LogP contribution in [0.3, 0.4) is 0 Å². The van der Waals surface area contributed by atoms with Crippen LogP contribution in [-0.2, 0) is 14.2 Å². The van der Waals surface area contributed by atoms with E-state index in [-0.39, 0.29) is 6.61 Å². The lowest BCUT2D eigenvalue weighted by Gasteiger charge is -2.41. The molecule has 7 nitrogen and oxygen atoms in total. The van der Waals surface area contributed by atoms with E-state index in [1.54, 1.807) is 0 Å². The van der Waals surface area contributed by atoms with E-state index >= 15 is 0 Å². The van der Waals surface area contributed by atoms with Crippen LogP contribution in [0, 0.1) is 0 Å². The molecule has 22 heavy (non-hydrogen) atoms. The molecule has 0 radical (unpaired) electrons. The molecule has 1 aliphatic heterocycles. The van der Waals surface area contributed by atoms with Gasteiger partial charge in [0, 0.05) is 7.11 Å². The third-order valence-electron chi connectivity index (χ3n) is 3.93. The number of rotatable bonds is 10. The van der Waals surface area contributed by atoms with Gasteiger partial charge in [0.05, 0.1) is 19.3 Å². The lowest BCUT2D eigenvalue weighted by Crippen LogP contribution is -2.60. The largest absolute Gasteiger partial charge is 0.394 e. The Hall–Kier alpha value is -0.280. The second-order valence-electron chi connectivity index (χ2n) is 5.74. The molecule has 0 aromatic rings. The first-order valence-electron chi connectivity index (χ1n) is 8.00. The van der Waals surface area contributed by atoms with Crippen molar-refractivity contribution < 1.29 is 34.6 Å². The maximum atomic E-state index is 10.1. The molecule has 1 fully saturated rings. The number of hydrogen-bond acceptors (Lipinski definition) is 7. The third kappa shape index (κ3) is 5.73. The van der Waals surface area contributed by atoms with Gasteiger partial charge in [-0.1, -0.05) is 32.6 Å². The van der Waals surface area contributed by atoms with Crippen molar-refractivity contribution in [2.45, 2.75) is 75.8 Å². The first kappa shape index (κ1) is 19.8. The minimum Gasteiger partial charge on any atom is -0.394 e. The normalized spacial score (nSPS) is 33.8. The summed E-state index contributed by atoms with van der Waals surface area (Å²) in [6.07, 6.45) is -0.986. The summed E-state index contributed by atoms with van der Waals surface area (Å²) in [6.45, 7) is 1.73. The van der Waals surface area contributed by atoms with Crippen LogP contribution in [0.1, 0.15) is 39.0 Å². The van der Waals surface area contributed by atoms with Gasteiger partial charge in [-0.25, -0.2) is 0 Å². The van der Waals surface area contributed by atoms with Crippen molar-refractivity contribution in [1.82, 2.24) is 0 Å². The van der Waals surface area contributed by atoms with Crippen molar-refractivity contribution in [2.24, 2.45) is 0 Å². The van der Waals surface area contributed by atoms with Crippen molar-refractivity contribution >= 4 is 0 Å². The summed E-state index contributed by atoms with van der Waals surface area (Å²) in [5.74, 6) is 0. The van der Waals surface area contributed by atoms with Gasteiger partial charge >= 0.3 is 0 Å². The van der Waals surface area contributed by atoms with Gasteiger partial charge < -0.3 is 34.6 Å². The molecule has 6 atom stereocenters. The summed E-state index contributed by atoms with van der Waals surface area (Å²) in [6, 6.07) is 0. The average Bonchev–Trinajstić information content (AvgIpc) is 2.51. The highest BCUT2D eigenvalue weighted by molar-refractivity contribution is 4.90. The standard InChI is InChI=1S/C15H30O7/c1-3-4-5-6-7-10(17)9-21-14-12(18)11(8-16)22-15(20-2)13(14)19/h10-19H,3-9H2,1-2H3/t10?,11-,12-,13-,14+,15+/m1/s1. The molecule has 0 aromatic carbocycles. The smallest absolute Gasteiger partial charge is 0.186 e. The highest BCUT2D eigenvalue weighted by Gasteiger charge is 2.45. The lowest BCUT2D eigenvalue weighted by atomic mass is 9.99. The first-order chi connectivity index (χ1) is 10.5. The van der Waals surface area contributed by atoms with Gasteiger partial charge in [0.1, 0.15) is 24.4 Å². The minimum atomic E-state index is -1.19. The van der Waals surface area contributed by atoms with Crippen molar-refractivity contribution in [3.05, 3.63) is 0 Å². The Morgan fingerprint density at radius 3 is 2.45 bits per heavy atom. The number of aliphatic hydroxyl groups excluding tert-OH is 4. The number of aliphatic hydroxyl groups is 4. The van der Waals surface area contributed by atoms with Gasteiger partial charge in [0.15, 0.2) is 6.29 Å². The number of hydrogen-bond donors (Lipinski definition) is 4. The second-order valence-corrected chi connectivity index (χ2v) is 5.74. The van der Waals surface area contributed by atoms with Gasteiger partial charge in [-0.3, -0.25) is 0 Å². The Bertz CT molecular complexity index is 273. The summed E-state index contributed by atoms with van der Waals surface area (Å²) < 4.78 is 15.7. The van der Waals surface area contributed by atoms with E-state index in [1.807, 2.05) is 0 Å². The zero-order chi connectivity index (χ0) is 16.5. The molecule has 1 heterocycles. The Morgan fingerprint density at radius 1 is 1.14 bits per heavy atom. The van der Waals surface area contributed by atoms with Crippen LogP contribution in [-0.4, -0.2) is 77.6 Å². The van der Waals surface area contributed by atoms with Gasteiger partial charge in [-0.15, -0.1) is 0 Å². The van der Waals surface area contributed by atoms with E-state index < -0.39 is 43.4 Å². The van der Waals surface area contributed by atoms with E-state index in [1.165, 1.54) is 7.11 Å². The van der Waals surface area contributed by atoms with E-state index in [2.05, 4.69) is 6.92 Å². The van der Waals surface area contributed by atoms with Gasteiger partial charge in [-0.2, -0.15) is 0 Å². The molecule has 132 valence electrons. The highest BCUT2D eigenvalue weighted by Crippen LogP contribution is 2.24. The quantitative estimate of drug-likeness (QED) is 0.412.